The molecule has 2 heterocycles. The molecule has 1 aromatic carbocycles. The number of hydrogen-bond acceptors (Lipinski definition) is 2. The van der Waals surface area contributed by atoms with Gasteiger partial charge in [-0.25, -0.2) is 4.98 Å². The number of benzene rings is 1. The topological polar surface area (TPSA) is 41.8 Å². The van der Waals surface area contributed by atoms with E-state index in [1.54, 1.807) is 6.26 Å². The molecule has 2 aromatic heterocycles. The third-order valence-corrected chi connectivity index (χ3v) is 3.81. The summed E-state index contributed by atoms with van der Waals surface area (Å²) in [4.78, 5) is 7.59. The van der Waals surface area contributed by atoms with Gasteiger partial charge in [-0.2, -0.15) is 0 Å². The molecule has 0 aliphatic heterocycles. The molecule has 4 rings (SSSR count). The van der Waals surface area contributed by atoms with Gasteiger partial charge in [-0.15, -0.1) is 0 Å². The Hall–Kier alpha value is -2.29. The first-order valence-electron chi connectivity index (χ1n) is 6.55. The Morgan fingerprint density at radius 2 is 2.05 bits per heavy atom. The molecule has 2 atom stereocenters. The summed E-state index contributed by atoms with van der Waals surface area (Å²) in [6, 6.07) is 12.4. The van der Waals surface area contributed by atoms with Gasteiger partial charge in [0.1, 0.15) is 11.6 Å². The van der Waals surface area contributed by atoms with E-state index in [2.05, 4.69) is 34.2 Å². The summed E-state index contributed by atoms with van der Waals surface area (Å²) in [6.07, 6.45) is 6.60. The molecule has 1 N–H and O–H groups in total. The summed E-state index contributed by atoms with van der Waals surface area (Å²) >= 11 is 0. The highest BCUT2D eigenvalue weighted by molar-refractivity contribution is 5.64. The molecule has 0 amide bonds. The van der Waals surface area contributed by atoms with Crippen LogP contribution in [0.1, 0.15) is 29.6 Å². The maximum atomic E-state index is 5.54. The van der Waals surface area contributed by atoms with Crippen molar-refractivity contribution in [3.05, 3.63) is 66.4 Å². The number of aromatic nitrogens is 2. The van der Waals surface area contributed by atoms with Crippen LogP contribution in [0.3, 0.4) is 0 Å². The van der Waals surface area contributed by atoms with Crippen LogP contribution in [-0.2, 0) is 0 Å². The van der Waals surface area contributed by atoms with Crippen LogP contribution in [0.4, 0.5) is 0 Å². The zero-order chi connectivity index (χ0) is 12.7. The van der Waals surface area contributed by atoms with E-state index in [0.29, 0.717) is 11.8 Å². The maximum absolute atomic E-state index is 5.54. The second-order valence-corrected chi connectivity index (χ2v) is 4.99. The Bertz CT molecular complexity index is 671. The monoisotopic (exact) mass is 250 g/mol. The van der Waals surface area contributed by atoms with Gasteiger partial charge >= 0.3 is 0 Å². The smallest absolute Gasteiger partial charge is 0.134 e. The van der Waals surface area contributed by atoms with Crippen LogP contribution in [0.5, 0.6) is 0 Å². The number of nitrogens with one attached hydrogen (secondary N) is 1. The molecule has 0 spiro atoms. The van der Waals surface area contributed by atoms with Gasteiger partial charge in [-0.3, -0.25) is 0 Å². The molecule has 1 aliphatic rings. The number of nitrogens with zero attached hydrogens (tertiary/aromatic N) is 1. The minimum Gasteiger partial charge on any atom is -0.464 e. The average Bonchev–Trinajstić information content (AvgIpc) is 2.89. The zero-order valence-corrected chi connectivity index (χ0v) is 10.4. The standard InChI is InChI=1S/C16H14N2O/c1-2-5-12(15-6-3-9-19-15)11(4-1)13-10-14(13)16-17-7-8-18-16/h1-9,13-14H,10H2,(H,17,18). The molecule has 3 nitrogen and oxygen atoms in total. The highest BCUT2D eigenvalue weighted by Gasteiger charge is 2.42. The highest BCUT2D eigenvalue weighted by atomic mass is 16.3. The van der Waals surface area contributed by atoms with E-state index in [9.17, 15) is 0 Å². The molecule has 0 bridgehead atoms. The maximum Gasteiger partial charge on any atom is 0.134 e. The summed E-state index contributed by atoms with van der Waals surface area (Å²) in [6.45, 7) is 0. The lowest BCUT2D eigenvalue weighted by atomic mass is 10.00. The van der Waals surface area contributed by atoms with Crippen LogP contribution in [-0.4, -0.2) is 9.97 Å². The first-order chi connectivity index (χ1) is 9.43. The SMILES string of the molecule is c1coc(-c2ccccc2C2CC2c2ncc[nH]2)c1. The van der Waals surface area contributed by atoms with Gasteiger partial charge in [-0.05, 0) is 30.0 Å². The molecule has 0 saturated heterocycles. The number of imidazole rings is 1. The van der Waals surface area contributed by atoms with Gasteiger partial charge in [0.25, 0.3) is 0 Å². The average molecular weight is 250 g/mol. The Labute approximate surface area is 111 Å². The van der Waals surface area contributed by atoms with Crippen molar-refractivity contribution in [2.24, 2.45) is 0 Å². The normalized spacial score (nSPS) is 21.5. The van der Waals surface area contributed by atoms with Gasteiger partial charge in [-0.1, -0.05) is 24.3 Å². The lowest BCUT2D eigenvalue weighted by molar-refractivity contribution is 0.581. The van der Waals surface area contributed by atoms with E-state index in [0.717, 1.165) is 18.0 Å². The van der Waals surface area contributed by atoms with Crippen LogP contribution in [0.15, 0.2) is 59.5 Å². The molecule has 1 saturated carbocycles. The molecule has 2 unspecified atom stereocenters. The summed E-state index contributed by atoms with van der Waals surface area (Å²) in [5, 5.41) is 0. The molecule has 0 radical (unpaired) electrons. The quantitative estimate of drug-likeness (QED) is 0.765. The van der Waals surface area contributed by atoms with Gasteiger partial charge in [0.2, 0.25) is 0 Å². The summed E-state index contributed by atoms with van der Waals surface area (Å²) in [7, 11) is 0. The van der Waals surface area contributed by atoms with Crippen molar-refractivity contribution in [3.8, 4) is 11.3 Å². The minimum absolute atomic E-state index is 0.520. The second-order valence-electron chi connectivity index (χ2n) is 4.99. The number of furan rings is 1. The number of rotatable bonds is 3. The van der Waals surface area contributed by atoms with E-state index in [1.807, 2.05) is 24.5 Å². The van der Waals surface area contributed by atoms with Gasteiger partial charge < -0.3 is 9.40 Å². The summed E-state index contributed by atoms with van der Waals surface area (Å²) < 4.78 is 5.54. The van der Waals surface area contributed by atoms with E-state index in [1.165, 1.54) is 11.1 Å². The number of H-pyrrole nitrogens is 1. The van der Waals surface area contributed by atoms with Crippen molar-refractivity contribution in [3.63, 3.8) is 0 Å². The van der Waals surface area contributed by atoms with Crippen LogP contribution >= 0.6 is 0 Å². The van der Waals surface area contributed by atoms with Crippen molar-refractivity contribution in [1.29, 1.82) is 0 Å². The van der Waals surface area contributed by atoms with Crippen LogP contribution in [0.25, 0.3) is 11.3 Å². The molecule has 3 aromatic rings. The van der Waals surface area contributed by atoms with E-state index < -0.39 is 0 Å². The molecule has 1 aliphatic carbocycles. The molecule has 94 valence electrons. The van der Waals surface area contributed by atoms with Crippen LogP contribution in [0, 0.1) is 0 Å². The van der Waals surface area contributed by atoms with Crippen molar-refractivity contribution in [1.82, 2.24) is 9.97 Å². The van der Waals surface area contributed by atoms with Crippen molar-refractivity contribution >= 4 is 0 Å². The zero-order valence-electron chi connectivity index (χ0n) is 10.4. The molecular formula is C16H14N2O. The third kappa shape index (κ3) is 1.78. The first kappa shape index (κ1) is 10.6. The second kappa shape index (κ2) is 4.12. The summed E-state index contributed by atoms with van der Waals surface area (Å²) in [5.41, 5.74) is 2.56. The molecule has 1 fully saturated rings. The Balaban J connectivity index is 1.70. The van der Waals surface area contributed by atoms with E-state index in [4.69, 9.17) is 4.42 Å². The van der Waals surface area contributed by atoms with Gasteiger partial charge in [0.05, 0.1) is 6.26 Å². The molecule has 3 heteroatoms. The number of hydrogen-bond donors (Lipinski definition) is 1. The number of aromatic amines is 1. The van der Waals surface area contributed by atoms with Crippen LogP contribution < -0.4 is 0 Å². The lowest BCUT2D eigenvalue weighted by Crippen LogP contribution is -1.89. The van der Waals surface area contributed by atoms with E-state index >= 15 is 0 Å². The fourth-order valence-electron chi connectivity index (χ4n) is 2.80. The van der Waals surface area contributed by atoms with Gasteiger partial charge in [0.15, 0.2) is 0 Å². The highest BCUT2D eigenvalue weighted by Crippen LogP contribution is 2.55. The van der Waals surface area contributed by atoms with Crippen molar-refractivity contribution < 1.29 is 4.42 Å². The largest absolute Gasteiger partial charge is 0.464 e. The fourth-order valence-corrected chi connectivity index (χ4v) is 2.80. The van der Waals surface area contributed by atoms with Crippen LogP contribution in [0.2, 0.25) is 0 Å². The van der Waals surface area contributed by atoms with Crippen molar-refractivity contribution in [2.45, 2.75) is 18.3 Å². The minimum atomic E-state index is 0.520. The predicted octanol–water partition coefficient (Wildman–Crippen LogP) is 3.94. The van der Waals surface area contributed by atoms with Crippen molar-refractivity contribution in [2.75, 3.05) is 0 Å². The molecule has 19 heavy (non-hydrogen) atoms. The predicted molar refractivity (Wildman–Crippen MR) is 72.8 cm³/mol. The Morgan fingerprint density at radius 1 is 1.11 bits per heavy atom. The first-order valence-corrected chi connectivity index (χ1v) is 6.55. The third-order valence-electron chi connectivity index (χ3n) is 3.81. The molecular weight excluding hydrogens is 236 g/mol. The van der Waals surface area contributed by atoms with Gasteiger partial charge in [0, 0.05) is 23.9 Å². The Kier molecular flexibility index (Phi) is 2.30. The lowest BCUT2D eigenvalue weighted by Gasteiger charge is -2.06. The fraction of sp³-hybridized carbons (Fsp3) is 0.188. The van der Waals surface area contributed by atoms with E-state index in [-0.39, 0.29) is 0 Å². The summed E-state index contributed by atoms with van der Waals surface area (Å²) in [5.74, 6) is 3.11. The Morgan fingerprint density at radius 3 is 2.84 bits per heavy atom.